The highest BCUT2D eigenvalue weighted by atomic mass is 16.5. The summed E-state index contributed by atoms with van der Waals surface area (Å²) >= 11 is 0. The molecule has 5 N–H and O–H groups in total. The Labute approximate surface area is 135 Å². The average Bonchev–Trinajstić information content (AvgIpc) is 2.52. The fraction of sp³-hybridized carbons (Fsp3) is 0.188. The van der Waals surface area contributed by atoms with E-state index in [0.29, 0.717) is 0 Å². The van der Waals surface area contributed by atoms with Crippen LogP contribution in [0.15, 0.2) is 24.3 Å². The van der Waals surface area contributed by atoms with Crippen LogP contribution in [0.3, 0.4) is 0 Å². The largest absolute Gasteiger partial charge is 0.508 e. The first-order chi connectivity index (χ1) is 11.3. The molecule has 0 saturated heterocycles. The number of benzene rings is 2. The van der Waals surface area contributed by atoms with Gasteiger partial charge in [0.05, 0.1) is 7.11 Å². The van der Waals surface area contributed by atoms with Crippen LogP contribution >= 0.6 is 0 Å². The SMILES string of the molecule is COc1cc([C@@H]2Oc3cc(O)cc(O)c3C(=O)[C@H]2O)cc(O)c1O. The quantitative estimate of drug-likeness (QED) is 0.517. The third-order valence-corrected chi connectivity index (χ3v) is 3.75. The number of carbonyl (C=O) groups is 1. The zero-order valence-corrected chi connectivity index (χ0v) is 12.4. The van der Waals surface area contributed by atoms with Gasteiger partial charge in [-0.2, -0.15) is 0 Å². The first-order valence-corrected chi connectivity index (χ1v) is 6.88. The van der Waals surface area contributed by atoms with Crippen molar-refractivity contribution in [1.82, 2.24) is 0 Å². The molecule has 126 valence electrons. The van der Waals surface area contributed by atoms with E-state index in [2.05, 4.69) is 0 Å². The van der Waals surface area contributed by atoms with Gasteiger partial charge in [-0.25, -0.2) is 0 Å². The van der Waals surface area contributed by atoms with E-state index >= 15 is 0 Å². The van der Waals surface area contributed by atoms with E-state index in [1.54, 1.807) is 0 Å². The molecule has 0 aliphatic carbocycles. The van der Waals surface area contributed by atoms with Gasteiger partial charge in [0.15, 0.2) is 23.7 Å². The molecule has 0 unspecified atom stereocenters. The summed E-state index contributed by atoms with van der Waals surface area (Å²) in [7, 11) is 1.27. The molecule has 2 aromatic carbocycles. The van der Waals surface area contributed by atoms with Crippen molar-refractivity contribution in [2.45, 2.75) is 12.2 Å². The first-order valence-electron chi connectivity index (χ1n) is 6.88. The maximum Gasteiger partial charge on any atom is 0.202 e. The molecule has 24 heavy (non-hydrogen) atoms. The molecule has 8 heteroatoms. The highest BCUT2D eigenvalue weighted by Gasteiger charge is 2.39. The van der Waals surface area contributed by atoms with Gasteiger partial charge in [-0.05, 0) is 12.1 Å². The number of ketones is 1. The number of aromatic hydroxyl groups is 4. The molecular weight excluding hydrogens is 320 g/mol. The summed E-state index contributed by atoms with van der Waals surface area (Å²) in [5.41, 5.74) is -0.0806. The predicted octanol–water partition coefficient (Wildman–Crippen LogP) is 1.19. The van der Waals surface area contributed by atoms with Crippen molar-refractivity contribution in [3.05, 3.63) is 35.4 Å². The molecule has 0 radical (unpaired) electrons. The Morgan fingerprint density at radius 2 is 1.75 bits per heavy atom. The zero-order valence-electron chi connectivity index (χ0n) is 12.4. The van der Waals surface area contributed by atoms with Crippen LogP contribution in [0.5, 0.6) is 34.5 Å². The van der Waals surface area contributed by atoms with Crippen LogP contribution in [0, 0.1) is 0 Å². The Morgan fingerprint density at radius 1 is 1.04 bits per heavy atom. The third kappa shape index (κ3) is 2.33. The molecule has 0 saturated carbocycles. The Balaban J connectivity index is 2.11. The number of methoxy groups -OCH3 is 1. The van der Waals surface area contributed by atoms with Crippen molar-refractivity contribution >= 4 is 5.78 Å². The van der Waals surface area contributed by atoms with Crippen molar-refractivity contribution in [1.29, 1.82) is 0 Å². The van der Waals surface area contributed by atoms with Crippen LogP contribution in [0.4, 0.5) is 0 Å². The summed E-state index contributed by atoms with van der Waals surface area (Å²) in [5.74, 6) is -2.83. The molecule has 0 bridgehead atoms. The number of rotatable bonds is 2. The summed E-state index contributed by atoms with van der Waals surface area (Å²) in [4.78, 5) is 12.3. The number of Topliss-reactive ketones (excluding diaryl/α,β-unsaturated/α-hetero) is 1. The van der Waals surface area contributed by atoms with E-state index in [-0.39, 0.29) is 28.4 Å². The lowest BCUT2D eigenvalue weighted by molar-refractivity contribution is 0.0209. The summed E-state index contributed by atoms with van der Waals surface area (Å²) in [6.07, 6.45) is -2.90. The van der Waals surface area contributed by atoms with E-state index in [1.807, 2.05) is 0 Å². The van der Waals surface area contributed by atoms with Gasteiger partial charge in [0, 0.05) is 17.7 Å². The third-order valence-electron chi connectivity index (χ3n) is 3.75. The van der Waals surface area contributed by atoms with Gasteiger partial charge in [-0.3, -0.25) is 4.79 Å². The number of hydrogen-bond acceptors (Lipinski definition) is 8. The van der Waals surface area contributed by atoms with Crippen molar-refractivity contribution in [3.8, 4) is 34.5 Å². The topological polar surface area (TPSA) is 137 Å². The van der Waals surface area contributed by atoms with Crippen molar-refractivity contribution in [2.75, 3.05) is 7.11 Å². The van der Waals surface area contributed by atoms with E-state index in [1.165, 1.54) is 13.2 Å². The van der Waals surface area contributed by atoms with Gasteiger partial charge < -0.3 is 35.0 Å². The Hall–Kier alpha value is -3.13. The minimum absolute atomic E-state index is 0.0715. The molecule has 0 spiro atoms. The Kier molecular flexibility index (Phi) is 3.61. The molecule has 0 aromatic heterocycles. The number of phenolic OH excluding ortho intramolecular Hbond substituents is 4. The molecule has 0 fully saturated rings. The summed E-state index contributed by atoms with van der Waals surface area (Å²) in [6.45, 7) is 0. The second-order valence-electron chi connectivity index (χ2n) is 5.28. The molecule has 1 heterocycles. The maximum atomic E-state index is 12.3. The highest BCUT2D eigenvalue weighted by molar-refractivity contribution is 6.05. The fourth-order valence-corrected chi connectivity index (χ4v) is 2.60. The Bertz CT molecular complexity index is 829. The monoisotopic (exact) mass is 334 g/mol. The summed E-state index contributed by atoms with van der Waals surface area (Å²) in [6, 6.07) is 4.50. The molecule has 2 aromatic rings. The van der Waals surface area contributed by atoms with E-state index < -0.39 is 35.2 Å². The molecule has 1 aliphatic heterocycles. The lowest BCUT2D eigenvalue weighted by atomic mass is 9.92. The first kappa shape index (κ1) is 15.8. The molecule has 2 atom stereocenters. The van der Waals surface area contributed by atoms with Gasteiger partial charge in [-0.1, -0.05) is 0 Å². The standard InChI is InChI=1S/C16H14O8/c1-23-11-3-6(2-9(19)13(11)20)16-15(22)14(21)12-8(18)4-7(17)5-10(12)24-16/h2-5,15-20,22H,1H3/t15-,16+/m1/s1. The van der Waals surface area contributed by atoms with Crippen LogP contribution in [-0.2, 0) is 0 Å². The normalized spacial score (nSPS) is 19.5. The zero-order chi connectivity index (χ0) is 17.6. The minimum Gasteiger partial charge on any atom is -0.508 e. The van der Waals surface area contributed by atoms with E-state index in [0.717, 1.165) is 18.2 Å². The van der Waals surface area contributed by atoms with Gasteiger partial charge in [0.2, 0.25) is 11.5 Å². The second-order valence-corrected chi connectivity index (χ2v) is 5.28. The summed E-state index contributed by atoms with van der Waals surface area (Å²) < 4.78 is 10.4. The van der Waals surface area contributed by atoms with Gasteiger partial charge >= 0.3 is 0 Å². The number of carbonyl (C=O) groups excluding carboxylic acids is 1. The van der Waals surface area contributed by atoms with E-state index in [9.17, 15) is 30.3 Å². The summed E-state index contributed by atoms with van der Waals surface area (Å²) in [5, 5.41) is 48.9. The van der Waals surface area contributed by atoms with Crippen LogP contribution < -0.4 is 9.47 Å². The number of aliphatic hydroxyl groups is 1. The number of fused-ring (bicyclic) bond motifs is 1. The molecule has 1 aliphatic rings. The molecule has 0 amide bonds. The van der Waals surface area contributed by atoms with Gasteiger partial charge in [-0.15, -0.1) is 0 Å². The maximum absolute atomic E-state index is 12.3. The van der Waals surface area contributed by atoms with Gasteiger partial charge in [0.1, 0.15) is 22.8 Å². The minimum atomic E-state index is -1.67. The van der Waals surface area contributed by atoms with Gasteiger partial charge in [0.25, 0.3) is 0 Å². The molecule has 8 nitrogen and oxygen atoms in total. The highest BCUT2D eigenvalue weighted by Crippen LogP contribution is 2.44. The van der Waals surface area contributed by atoms with E-state index in [4.69, 9.17) is 9.47 Å². The second kappa shape index (κ2) is 5.50. The van der Waals surface area contributed by atoms with Crippen LogP contribution in [0.1, 0.15) is 22.0 Å². The smallest absolute Gasteiger partial charge is 0.202 e. The van der Waals surface area contributed by atoms with Crippen molar-refractivity contribution < 1.29 is 39.8 Å². The van der Waals surface area contributed by atoms with Crippen LogP contribution in [-0.4, -0.2) is 44.5 Å². The number of ether oxygens (including phenoxy) is 2. The lowest BCUT2D eigenvalue weighted by Gasteiger charge is -2.30. The number of hydrogen-bond donors (Lipinski definition) is 5. The molecule has 3 rings (SSSR count). The average molecular weight is 334 g/mol. The van der Waals surface area contributed by atoms with Crippen molar-refractivity contribution in [3.63, 3.8) is 0 Å². The predicted molar refractivity (Wildman–Crippen MR) is 79.8 cm³/mol. The van der Waals surface area contributed by atoms with Crippen molar-refractivity contribution in [2.24, 2.45) is 0 Å². The number of phenols is 4. The van der Waals surface area contributed by atoms with Crippen LogP contribution in [0.25, 0.3) is 0 Å². The Morgan fingerprint density at radius 3 is 2.42 bits per heavy atom. The van der Waals surface area contributed by atoms with Crippen LogP contribution in [0.2, 0.25) is 0 Å². The fourth-order valence-electron chi connectivity index (χ4n) is 2.60. The molecular formula is C16H14O8. The lowest BCUT2D eigenvalue weighted by Crippen LogP contribution is -2.36. The number of aliphatic hydroxyl groups excluding tert-OH is 1.